The van der Waals surface area contributed by atoms with Gasteiger partial charge in [0.15, 0.2) is 0 Å². The molecule has 0 atom stereocenters. The normalized spacial score (nSPS) is 15.2. The van der Waals surface area contributed by atoms with Crippen LogP contribution in [0.3, 0.4) is 0 Å². The molecule has 0 bridgehead atoms. The molecule has 1 N–H and O–H groups in total. The average molecular weight is 538 g/mol. The highest BCUT2D eigenvalue weighted by Gasteiger charge is 2.92. The molecule has 0 radical (unpaired) electrons. The van der Waals surface area contributed by atoms with E-state index in [0.717, 1.165) is 0 Å². The standard InChI is InChI=1S/C18H24F14O2/c1-2-3-4-10-34-11-6-8-13(21,22)15(25,26)17(29,30)18(31,32)16(27,28)14(23,24)12(19,20)7-5-9-33/h33H,2-11H2,1H3. The van der Waals surface area contributed by atoms with Crippen molar-refractivity contribution in [3.05, 3.63) is 0 Å². The summed E-state index contributed by atoms with van der Waals surface area (Å²) in [5.41, 5.74) is 0. The van der Waals surface area contributed by atoms with Gasteiger partial charge in [-0.15, -0.1) is 0 Å². The van der Waals surface area contributed by atoms with Gasteiger partial charge in [0, 0.05) is 32.7 Å². The first-order valence-electron chi connectivity index (χ1n) is 9.95. The molecule has 0 fully saturated rings. The van der Waals surface area contributed by atoms with Crippen molar-refractivity contribution in [3.63, 3.8) is 0 Å². The Labute approximate surface area is 185 Å². The summed E-state index contributed by atoms with van der Waals surface area (Å²) in [4.78, 5) is 0. The first kappa shape index (κ1) is 32.9. The molecule has 0 aliphatic heterocycles. The Bertz CT molecular complexity index is 622. The molecule has 0 heterocycles. The molecule has 0 aromatic heterocycles. The quantitative estimate of drug-likeness (QED) is 0.157. The SMILES string of the molecule is CCCCCOCCCC(F)(F)C(F)(F)C(F)(F)C(F)(F)C(F)(F)C(F)(F)C(F)(F)CCCO. The minimum atomic E-state index is -8.06. The molecule has 0 rings (SSSR count). The van der Waals surface area contributed by atoms with E-state index in [1.165, 1.54) is 0 Å². The summed E-state index contributed by atoms with van der Waals surface area (Å²) in [6.07, 6.45) is -5.49. The number of aliphatic hydroxyl groups excluding tert-OH is 1. The molecule has 0 aromatic rings. The van der Waals surface area contributed by atoms with Crippen LogP contribution in [0.2, 0.25) is 0 Å². The number of hydrogen-bond donors (Lipinski definition) is 1. The first-order chi connectivity index (χ1) is 15.1. The highest BCUT2D eigenvalue weighted by molar-refractivity contribution is 5.14. The molecule has 0 saturated carbocycles. The molecule has 206 valence electrons. The molecule has 0 unspecified atom stereocenters. The fourth-order valence-corrected chi connectivity index (χ4v) is 2.62. The van der Waals surface area contributed by atoms with E-state index in [1.807, 2.05) is 0 Å². The minimum absolute atomic E-state index is 0.0458. The maximum atomic E-state index is 13.7. The van der Waals surface area contributed by atoms with Crippen molar-refractivity contribution < 1.29 is 71.3 Å². The van der Waals surface area contributed by atoms with Crippen molar-refractivity contribution >= 4 is 0 Å². The second kappa shape index (κ2) is 11.3. The van der Waals surface area contributed by atoms with Crippen LogP contribution < -0.4 is 0 Å². The van der Waals surface area contributed by atoms with Gasteiger partial charge in [0.2, 0.25) is 0 Å². The van der Waals surface area contributed by atoms with E-state index in [4.69, 9.17) is 9.84 Å². The van der Waals surface area contributed by atoms with Gasteiger partial charge < -0.3 is 9.84 Å². The van der Waals surface area contributed by atoms with Crippen LogP contribution in [0.4, 0.5) is 61.5 Å². The number of rotatable bonds is 17. The van der Waals surface area contributed by atoms with Crippen LogP contribution in [0, 0.1) is 0 Å². The smallest absolute Gasteiger partial charge is 0.384 e. The minimum Gasteiger partial charge on any atom is -0.396 e. The van der Waals surface area contributed by atoms with Crippen molar-refractivity contribution in [3.8, 4) is 0 Å². The van der Waals surface area contributed by atoms with Gasteiger partial charge >= 0.3 is 41.5 Å². The van der Waals surface area contributed by atoms with Crippen molar-refractivity contribution in [1.29, 1.82) is 0 Å². The molecule has 0 aliphatic carbocycles. The molecule has 0 aliphatic rings. The third-order valence-electron chi connectivity index (χ3n) is 4.82. The second-order valence-corrected chi connectivity index (χ2v) is 7.53. The van der Waals surface area contributed by atoms with Crippen LogP contribution in [-0.4, -0.2) is 66.4 Å². The summed E-state index contributed by atoms with van der Waals surface area (Å²) in [7, 11) is 0. The number of aliphatic hydroxyl groups is 1. The Morgan fingerprint density at radius 3 is 1.24 bits per heavy atom. The molecule has 2 nitrogen and oxygen atoms in total. The third-order valence-corrected chi connectivity index (χ3v) is 4.82. The van der Waals surface area contributed by atoms with Gasteiger partial charge in [0.05, 0.1) is 0 Å². The zero-order valence-corrected chi connectivity index (χ0v) is 17.7. The molecule has 0 saturated heterocycles. The molecule has 0 spiro atoms. The van der Waals surface area contributed by atoms with Crippen molar-refractivity contribution in [2.45, 2.75) is 93.3 Å². The fraction of sp³-hybridized carbons (Fsp3) is 1.00. The number of ether oxygens (including phenoxy) is 1. The Kier molecular flexibility index (Phi) is 11.0. The van der Waals surface area contributed by atoms with E-state index in [1.54, 1.807) is 6.92 Å². The van der Waals surface area contributed by atoms with Crippen LogP contribution in [0.15, 0.2) is 0 Å². The average Bonchev–Trinajstić information content (AvgIpc) is 2.70. The predicted octanol–water partition coefficient (Wildman–Crippen LogP) is 7.19. The largest absolute Gasteiger partial charge is 0.396 e. The van der Waals surface area contributed by atoms with Crippen LogP contribution in [0.5, 0.6) is 0 Å². The van der Waals surface area contributed by atoms with E-state index in [9.17, 15) is 61.5 Å². The van der Waals surface area contributed by atoms with E-state index in [-0.39, 0.29) is 6.61 Å². The highest BCUT2D eigenvalue weighted by atomic mass is 19.4. The Hall–Kier alpha value is -1.06. The van der Waals surface area contributed by atoms with Crippen molar-refractivity contribution in [2.24, 2.45) is 0 Å². The maximum absolute atomic E-state index is 13.7. The Balaban J connectivity index is 5.83. The van der Waals surface area contributed by atoms with Gasteiger partial charge in [-0.1, -0.05) is 19.8 Å². The van der Waals surface area contributed by atoms with Crippen LogP contribution >= 0.6 is 0 Å². The lowest BCUT2D eigenvalue weighted by Gasteiger charge is -2.42. The molecule has 0 amide bonds. The van der Waals surface area contributed by atoms with Gasteiger partial charge in [-0.3, -0.25) is 0 Å². The van der Waals surface area contributed by atoms with Crippen LogP contribution in [0.25, 0.3) is 0 Å². The Morgan fingerprint density at radius 1 is 0.500 bits per heavy atom. The molecular weight excluding hydrogens is 514 g/mol. The third kappa shape index (κ3) is 6.01. The van der Waals surface area contributed by atoms with Crippen molar-refractivity contribution in [2.75, 3.05) is 19.8 Å². The fourth-order valence-electron chi connectivity index (χ4n) is 2.62. The lowest BCUT2D eigenvalue weighted by Crippen LogP contribution is -2.73. The highest BCUT2D eigenvalue weighted by Crippen LogP contribution is 2.63. The number of hydrogen-bond acceptors (Lipinski definition) is 2. The van der Waals surface area contributed by atoms with E-state index < -0.39 is 80.4 Å². The van der Waals surface area contributed by atoms with Gasteiger partial charge in [0.1, 0.15) is 0 Å². The second-order valence-electron chi connectivity index (χ2n) is 7.53. The van der Waals surface area contributed by atoms with E-state index in [0.29, 0.717) is 19.3 Å². The zero-order chi connectivity index (χ0) is 27.3. The van der Waals surface area contributed by atoms with Gasteiger partial charge in [-0.2, -0.15) is 61.5 Å². The zero-order valence-electron chi connectivity index (χ0n) is 17.7. The van der Waals surface area contributed by atoms with Crippen LogP contribution in [0.1, 0.15) is 51.9 Å². The first-order valence-corrected chi connectivity index (χ1v) is 9.95. The van der Waals surface area contributed by atoms with Crippen LogP contribution in [-0.2, 0) is 4.74 Å². The molecule has 34 heavy (non-hydrogen) atoms. The number of unbranched alkanes of at least 4 members (excludes halogenated alkanes) is 2. The topological polar surface area (TPSA) is 29.5 Å². The van der Waals surface area contributed by atoms with Gasteiger partial charge in [0.25, 0.3) is 0 Å². The molecule has 16 heteroatoms. The van der Waals surface area contributed by atoms with E-state index >= 15 is 0 Å². The summed E-state index contributed by atoms with van der Waals surface area (Å²) >= 11 is 0. The lowest BCUT2D eigenvalue weighted by atomic mass is 9.87. The van der Waals surface area contributed by atoms with Gasteiger partial charge in [-0.25, -0.2) is 0 Å². The maximum Gasteiger partial charge on any atom is 0.384 e. The Morgan fingerprint density at radius 2 is 0.853 bits per heavy atom. The monoisotopic (exact) mass is 538 g/mol. The summed E-state index contributed by atoms with van der Waals surface area (Å²) < 4.78 is 196. The number of halogens is 14. The number of alkyl halides is 14. The summed E-state index contributed by atoms with van der Waals surface area (Å²) in [6.45, 7) is -0.330. The molecular formula is C18H24F14O2. The summed E-state index contributed by atoms with van der Waals surface area (Å²) in [5, 5.41) is 8.30. The lowest BCUT2D eigenvalue weighted by molar-refractivity contribution is -0.442. The van der Waals surface area contributed by atoms with E-state index in [2.05, 4.69) is 0 Å². The summed E-state index contributed by atoms with van der Waals surface area (Å²) in [5.74, 6) is -51.0. The van der Waals surface area contributed by atoms with Gasteiger partial charge in [-0.05, 0) is 19.3 Å². The summed E-state index contributed by atoms with van der Waals surface area (Å²) in [6, 6.07) is 0. The predicted molar refractivity (Wildman–Crippen MR) is 90.5 cm³/mol. The molecule has 0 aromatic carbocycles. The van der Waals surface area contributed by atoms with Crippen molar-refractivity contribution in [1.82, 2.24) is 0 Å².